The smallest absolute Gasteiger partial charge is 0.316 e. The van der Waals surface area contributed by atoms with Gasteiger partial charge in [0.2, 0.25) is 5.91 Å². The molecule has 0 aromatic heterocycles. The number of carbonyl (C=O) groups excluding carboxylic acids is 1. The second-order valence-corrected chi connectivity index (χ2v) is 3.57. The number of fused-ring (bicyclic) bond motifs is 1. The Morgan fingerprint density at radius 1 is 1.56 bits per heavy atom. The van der Waals surface area contributed by atoms with Crippen molar-refractivity contribution in [2.24, 2.45) is 5.92 Å². The van der Waals surface area contributed by atoms with Crippen molar-refractivity contribution in [3.8, 4) is 5.75 Å². The third-order valence-electron chi connectivity index (χ3n) is 2.63. The molecule has 1 aliphatic rings. The van der Waals surface area contributed by atoms with Crippen LogP contribution in [-0.2, 0) is 16.0 Å². The van der Waals surface area contributed by atoms with Gasteiger partial charge in [-0.15, -0.1) is 0 Å². The Bertz CT molecular complexity index is 455. The van der Waals surface area contributed by atoms with Crippen molar-refractivity contribution in [2.75, 3.05) is 12.4 Å². The van der Waals surface area contributed by atoms with Gasteiger partial charge in [-0.25, -0.2) is 0 Å². The highest BCUT2D eigenvalue weighted by Gasteiger charge is 2.33. The topological polar surface area (TPSA) is 75.6 Å². The fraction of sp³-hybridized carbons (Fsp3) is 0.273. The molecule has 0 aliphatic carbocycles. The third-order valence-corrected chi connectivity index (χ3v) is 2.63. The normalized spacial score (nSPS) is 18.6. The zero-order chi connectivity index (χ0) is 11.7. The van der Waals surface area contributed by atoms with Gasteiger partial charge in [0.15, 0.2) is 0 Å². The largest absolute Gasteiger partial charge is 0.496 e. The lowest BCUT2D eigenvalue weighted by Crippen LogP contribution is -2.35. The standard InChI is InChI=1S/C11H11NO4/c1-16-9-4-2-3-8-6(9)5-7(11(14)15)10(13)12-8/h2-4,7H,5H2,1H3,(H,12,13)(H,14,15). The van der Waals surface area contributed by atoms with Crippen LogP contribution in [0.25, 0.3) is 0 Å². The fourth-order valence-corrected chi connectivity index (χ4v) is 1.80. The molecule has 1 atom stereocenters. The van der Waals surface area contributed by atoms with Crippen molar-refractivity contribution >= 4 is 17.6 Å². The van der Waals surface area contributed by atoms with Crippen LogP contribution in [0, 0.1) is 5.92 Å². The molecule has 0 bridgehead atoms. The van der Waals surface area contributed by atoms with Gasteiger partial charge in [-0.1, -0.05) is 6.07 Å². The summed E-state index contributed by atoms with van der Waals surface area (Å²) in [5.41, 5.74) is 1.36. The molecule has 1 aromatic rings. The Balaban J connectivity index is 2.43. The summed E-state index contributed by atoms with van der Waals surface area (Å²) in [7, 11) is 1.52. The number of aliphatic carboxylic acids is 1. The molecule has 0 radical (unpaired) electrons. The lowest BCUT2D eigenvalue weighted by molar-refractivity contribution is -0.145. The first kappa shape index (κ1) is 10.5. The van der Waals surface area contributed by atoms with E-state index in [9.17, 15) is 9.59 Å². The quantitative estimate of drug-likeness (QED) is 0.727. The van der Waals surface area contributed by atoms with Crippen molar-refractivity contribution in [3.63, 3.8) is 0 Å². The number of hydrogen-bond acceptors (Lipinski definition) is 3. The zero-order valence-electron chi connectivity index (χ0n) is 8.69. The molecule has 0 saturated carbocycles. The Hall–Kier alpha value is -2.04. The average Bonchev–Trinajstić information content (AvgIpc) is 2.26. The molecule has 5 heteroatoms. The highest BCUT2D eigenvalue weighted by molar-refractivity contribution is 6.06. The number of carbonyl (C=O) groups is 2. The molecular formula is C11H11NO4. The lowest BCUT2D eigenvalue weighted by atomic mass is 9.92. The molecule has 2 rings (SSSR count). The molecule has 84 valence electrons. The number of carboxylic acids is 1. The van der Waals surface area contributed by atoms with Crippen molar-refractivity contribution in [2.45, 2.75) is 6.42 Å². The van der Waals surface area contributed by atoms with Gasteiger partial charge in [0, 0.05) is 17.7 Å². The number of nitrogens with one attached hydrogen (secondary N) is 1. The summed E-state index contributed by atoms with van der Waals surface area (Å²) in [6.45, 7) is 0. The molecule has 1 amide bonds. The van der Waals surface area contributed by atoms with E-state index in [0.717, 1.165) is 5.56 Å². The van der Waals surface area contributed by atoms with Crippen LogP contribution < -0.4 is 10.1 Å². The van der Waals surface area contributed by atoms with E-state index in [1.807, 2.05) is 0 Å². The van der Waals surface area contributed by atoms with Gasteiger partial charge >= 0.3 is 5.97 Å². The Kier molecular flexibility index (Phi) is 2.52. The first-order chi connectivity index (χ1) is 7.63. The number of carboxylic acid groups (broad SMARTS) is 1. The van der Waals surface area contributed by atoms with Gasteiger partial charge in [0.25, 0.3) is 0 Å². The summed E-state index contributed by atoms with van der Waals surface area (Å²) in [4.78, 5) is 22.3. The Morgan fingerprint density at radius 3 is 2.94 bits per heavy atom. The highest BCUT2D eigenvalue weighted by Crippen LogP contribution is 2.32. The maximum atomic E-state index is 11.5. The van der Waals surface area contributed by atoms with Crippen LogP contribution in [0.3, 0.4) is 0 Å². The lowest BCUT2D eigenvalue weighted by Gasteiger charge is -2.23. The van der Waals surface area contributed by atoms with E-state index < -0.39 is 17.8 Å². The average molecular weight is 221 g/mol. The van der Waals surface area contributed by atoms with Crippen molar-refractivity contribution in [1.29, 1.82) is 0 Å². The van der Waals surface area contributed by atoms with Gasteiger partial charge in [-0.05, 0) is 12.1 Å². The molecule has 16 heavy (non-hydrogen) atoms. The number of benzene rings is 1. The van der Waals surface area contributed by atoms with Crippen LogP contribution in [0.15, 0.2) is 18.2 Å². The monoisotopic (exact) mass is 221 g/mol. The molecule has 5 nitrogen and oxygen atoms in total. The minimum absolute atomic E-state index is 0.167. The van der Waals surface area contributed by atoms with Gasteiger partial charge in [0.05, 0.1) is 7.11 Å². The third kappa shape index (κ3) is 1.60. The first-order valence-corrected chi connectivity index (χ1v) is 4.83. The molecule has 1 heterocycles. The molecule has 1 aliphatic heterocycles. The van der Waals surface area contributed by atoms with Crippen LogP contribution >= 0.6 is 0 Å². The SMILES string of the molecule is COc1cccc2c1CC(C(=O)O)C(=O)N2. The van der Waals surface area contributed by atoms with E-state index in [-0.39, 0.29) is 6.42 Å². The van der Waals surface area contributed by atoms with E-state index in [0.29, 0.717) is 11.4 Å². The Morgan fingerprint density at radius 2 is 2.31 bits per heavy atom. The summed E-state index contributed by atoms with van der Waals surface area (Å²) in [6.07, 6.45) is 0.167. The summed E-state index contributed by atoms with van der Waals surface area (Å²) < 4.78 is 5.13. The molecule has 0 fully saturated rings. The molecular weight excluding hydrogens is 210 g/mol. The number of anilines is 1. The number of methoxy groups -OCH3 is 1. The number of amides is 1. The zero-order valence-corrected chi connectivity index (χ0v) is 8.69. The van der Waals surface area contributed by atoms with Crippen LogP contribution in [-0.4, -0.2) is 24.1 Å². The van der Waals surface area contributed by atoms with Crippen LogP contribution in [0.2, 0.25) is 0 Å². The number of ether oxygens (including phenoxy) is 1. The highest BCUT2D eigenvalue weighted by atomic mass is 16.5. The van der Waals surface area contributed by atoms with E-state index >= 15 is 0 Å². The van der Waals surface area contributed by atoms with Gasteiger partial charge in [-0.2, -0.15) is 0 Å². The fourth-order valence-electron chi connectivity index (χ4n) is 1.80. The Labute approximate surface area is 92.0 Å². The summed E-state index contributed by atoms with van der Waals surface area (Å²) in [6, 6.07) is 5.22. The van der Waals surface area contributed by atoms with Crippen LogP contribution in [0.4, 0.5) is 5.69 Å². The van der Waals surface area contributed by atoms with E-state index in [1.54, 1.807) is 18.2 Å². The predicted molar refractivity (Wildman–Crippen MR) is 56.5 cm³/mol. The molecule has 1 unspecified atom stereocenters. The second kappa shape index (κ2) is 3.84. The second-order valence-electron chi connectivity index (χ2n) is 3.57. The molecule has 1 aromatic carbocycles. The van der Waals surface area contributed by atoms with Crippen molar-refractivity contribution < 1.29 is 19.4 Å². The predicted octanol–water partition coefficient (Wildman–Crippen LogP) is 0.891. The van der Waals surface area contributed by atoms with Crippen LogP contribution in [0.1, 0.15) is 5.56 Å². The maximum Gasteiger partial charge on any atom is 0.316 e. The van der Waals surface area contributed by atoms with Crippen molar-refractivity contribution in [1.82, 2.24) is 0 Å². The van der Waals surface area contributed by atoms with Gasteiger partial charge in [0.1, 0.15) is 11.7 Å². The minimum atomic E-state index is -1.12. The number of rotatable bonds is 2. The molecule has 0 saturated heterocycles. The van der Waals surface area contributed by atoms with E-state index in [4.69, 9.17) is 9.84 Å². The van der Waals surface area contributed by atoms with Gasteiger partial charge in [-0.3, -0.25) is 9.59 Å². The van der Waals surface area contributed by atoms with E-state index in [2.05, 4.69) is 5.32 Å². The molecule has 2 N–H and O–H groups in total. The summed E-state index contributed by atoms with van der Waals surface area (Å²) >= 11 is 0. The van der Waals surface area contributed by atoms with Crippen LogP contribution in [0.5, 0.6) is 5.75 Å². The summed E-state index contributed by atoms with van der Waals surface area (Å²) in [5.74, 6) is -2.03. The summed E-state index contributed by atoms with van der Waals surface area (Å²) in [5, 5.41) is 11.5. The number of hydrogen-bond donors (Lipinski definition) is 2. The molecule has 0 spiro atoms. The first-order valence-electron chi connectivity index (χ1n) is 4.83. The van der Waals surface area contributed by atoms with E-state index in [1.165, 1.54) is 7.11 Å². The van der Waals surface area contributed by atoms with Crippen molar-refractivity contribution in [3.05, 3.63) is 23.8 Å². The maximum absolute atomic E-state index is 11.5. The minimum Gasteiger partial charge on any atom is -0.496 e. The van der Waals surface area contributed by atoms with Gasteiger partial charge < -0.3 is 15.2 Å².